The summed E-state index contributed by atoms with van der Waals surface area (Å²) in [6.45, 7) is 0. The van der Waals surface area contributed by atoms with Crippen LogP contribution >= 0.6 is 0 Å². The number of hydrogen-bond acceptors (Lipinski definition) is 1. The lowest BCUT2D eigenvalue weighted by Crippen LogP contribution is -2.08. The lowest BCUT2D eigenvalue weighted by atomic mass is 11.1. The van der Waals surface area contributed by atoms with E-state index in [9.17, 15) is 13.4 Å². The maximum absolute atomic E-state index is 11.1. The smallest absolute Gasteiger partial charge is 0.0733 e. The predicted octanol–water partition coefficient (Wildman–Crippen LogP) is 1.61. The van der Waals surface area contributed by atoms with E-state index in [1.165, 1.54) is 5.21 Å². The van der Waals surface area contributed by atoms with E-state index in [-0.39, 0.29) is 0 Å². The minimum atomic E-state index is -1.74. The Balaban J connectivity index is 4.18. The van der Waals surface area contributed by atoms with Gasteiger partial charge in [-0.05, 0) is 16.0 Å². The van der Waals surface area contributed by atoms with Crippen LogP contribution in [0.2, 0.25) is 0 Å². The fourth-order valence-corrected chi connectivity index (χ4v) is 0.119. The maximum atomic E-state index is 11.1. The highest BCUT2D eigenvalue weighted by molar-refractivity contribution is 5.77. The van der Waals surface area contributed by atoms with E-state index in [1.54, 1.807) is 0 Å². The average molecular weight is 139 g/mol. The quantitative estimate of drug-likeness (QED) is 0.125. The first-order valence-corrected chi connectivity index (χ1v) is 1.58. The Labute approximate surface area is 46.8 Å². The highest BCUT2D eigenvalue weighted by Gasteiger charge is 2.05. The van der Waals surface area contributed by atoms with Crippen LogP contribution in [-0.2, 0) is 0 Å². The van der Waals surface area contributed by atoms with Gasteiger partial charge in [0, 0.05) is 4.91 Å². The lowest BCUT2D eigenvalue weighted by Gasteiger charge is -1.92. The number of guanidine groups is 1. The van der Waals surface area contributed by atoms with Gasteiger partial charge in [-0.1, -0.05) is 18.7 Å². The van der Waals surface area contributed by atoms with Gasteiger partial charge in [0.05, 0.1) is 0 Å². The molecule has 0 atom stereocenters. The molecular weight excluding hydrogens is 139 g/mol. The molecule has 0 aliphatic rings. The van der Waals surface area contributed by atoms with Gasteiger partial charge in [-0.3, -0.25) is 0 Å². The van der Waals surface area contributed by atoms with E-state index in [0.717, 1.165) is 0 Å². The summed E-state index contributed by atoms with van der Waals surface area (Å²) < 4.78 is 33.1. The fraction of sp³-hybridized carbons (Fsp3) is 0. The summed E-state index contributed by atoms with van der Waals surface area (Å²) in [5.41, 5.74) is 7.47. The molecule has 0 unspecified atom stereocenters. The van der Waals surface area contributed by atoms with Crippen molar-refractivity contribution in [3.8, 4) is 0 Å². The molecule has 0 saturated carbocycles. The van der Waals surface area contributed by atoms with Crippen LogP contribution in [0.3, 0.4) is 0 Å². The fourth-order valence-electron chi connectivity index (χ4n) is 0.119. The van der Waals surface area contributed by atoms with Crippen molar-refractivity contribution in [1.29, 1.82) is 0 Å². The summed E-state index contributed by atoms with van der Waals surface area (Å²) in [5.74, 6) is -1.61. The minimum absolute atomic E-state index is 1.45. The number of hydrogen-bond donors (Lipinski definition) is 0. The second kappa shape index (κ2) is 3.56. The van der Waals surface area contributed by atoms with Crippen LogP contribution in [0.25, 0.3) is 10.4 Å². The monoisotopic (exact) mass is 139 g/mol. The Morgan fingerprint density at radius 3 is 2.22 bits per heavy atom. The van der Waals surface area contributed by atoms with Gasteiger partial charge >= 0.3 is 0 Å². The molecule has 0 amide bonds. The Bertz CT molecular complexity index is 156. The highest BCUT2D eigenvalue weighted by Crippen LogP contribution is 1.95. The Morgan fingerprint density at radius 2 is 2.11 bits per heavy atom. The van der Waals surface area contributed by atoms with Crippen LogP contribution in [0.5, 0.6) is 0 Å². The van der Waals surface area contributed by atoms with Gasteiger partial charge in [0.25, 0.3) is 5.96 Å². The number of rotatable bonds is 0. The van der Waals surface area contributed by atoms with Gasteiger partial charge < -0.3 is 0 Å². The molecule has 0 heterocycles. The molecule has 8 heteroatoms. The van der Waals surface area contributed by atoms with Crippen LogP contribution in [0.15, 0.2) is 10.3 Å². The summed E-state index contributed by atoms with van der Waals surface area (Å²) in [7, 11) is 0. The number of halogens is 3. The molecule has 0 aromatic heterocycles. The third-order valence-electron chi connectivity index (χ3n) is 0.361. The van der Waals surface area contributed by atoms with Gasteiger partial charge in [-0.2, -0.15) is 0 Å². The molecule has 0 fully saturated rings. The molecule has 0 bridgehead atoms. The van der Waals surface area contributed by atoms with Crippen molar-refractivity contribution in [2.45, 2.75) is 0 Å². The van der Waals surface area contributed by atoms with E-state index in [0.29, 0.717) is 0 Å². The summed E-state index contributed by atoms with van der Waals surface area (Å²) >= 11 is 0. The van der Waals surface area contributed by atoms with Crippen molar-refractivity contribution < 1.29 is 13.4 Å². The van der Waals surface area contributed by atoms with Crippen LogP contribution in [0.4, 0.5) is 13.4 Å². The molecule has 0 aromatic rings. The lowest BCUT2D eigenvalue weighted by molar-refractivity contribution is -0.0766. The van der Waals surface area contributed by atoms with Crippen molar-refractivity contribution in [2.75, 3.05) is 0 Å². The Morgan fingerprint density at radius 1 is 1.56 bits per heavy atom. The van der Waals surface area contributed by atoms with E-state index in [1.807, 2.05) is 4.91 Å². The summed E-state index contributed by atoms with van der Waals surface area (Å²) in [5, 5.41) is 1.89. The topological polar surface area (TPSA) is 64.4 Å². The Hall–Kier alpha value is -1.43. The van der Waals surface area contributed by atoms with Gasteiger partial charge in [0.15, 0.2) is 0 Å². The third-order valence-corrected chi connectivity index (χ3v) is 0.361. The summed E-state index contributed by atoms with van der Waals surface area (Å²) in [6, 6.07) is 0. The highest BCUT2D eigenvalue weighted by atomic mass is 19.4. The zero-order valence-electron chi connectivity index (χ0n) is 3.87. The minimum Gasteiger partial charge on any atom is -0.0733 e. The van der Waals surface area contributed by atoms with Gasteiger partial charge in [-0.25, -0.2) is 0 Å². The first-order valence-electron chi connectivity index (χ1n) is 1.58. The van der Waals surface area contributed by atoms with Crippen molar-refractivity contribution in [3.05, 3.63) is 10.4 Å². The molecule has 0 rings (SSSR count). The molecule has 0 aromatic carbocycles. The molecular formula is CF3N5. The normalized spacial score (nSPS) is 10.3. The predicted molar refractivity (Wildman–Crippen MR) is 21.7 cm³/mol. The molecule has 0 aliphatic heterocycles. The zero-order chi connectivity index (χ0) is 7.28. The van der Waals surface area contributed by atoms with Crippen molar-refractivity contribution in [3.63, 3.8) is 0 Å². The van der Waals surface area contributed by atoms with E-state index < -0.39 is 11.3 Å². The van der Waals surface area contributed by atoms with Gasteiger partial charge in [-0.15, -0.1) is 0 Å². The van der Waals surface area contributed by atoms with Gasteiger partial charge in [0.1, 0.15) is 0 Å². The SMILES string of the molecule is [N-]=[N+]=NC(=NF)N(F)F. The molecule has 50 valence electrons. The average Bonchev–Trinajstić information content (AvgIpc) is 1.82. The van der Waals surface area contributed by atoms with Crippen LogP contribution < -0.4 is 0 Å². The molecule has 0 saturated heterocycles. The largest absolute Gasteiger partial charge is 0.289 e. The van der Waals surface area contributed by atoms with Crippen molar-refractivity contribution in [2.24, 2.45) is 10.3 Å². The van der Waals surface area contributed by atoms with Gasteiger partial charge in [0.2, 0.25) is 0 Å². The molecule has 9 heavy (non-hydrogen) atoms. The second-order valence-corrected chi connectivity index (χ2v) is 0.807. The van der Waals surface area contributed by atoms with Crippen LogP contribution in [0, 0.1) is 0 Å². The molecule has 0 radical (unpaired) electrons. The molecule has 0 spiro atoms. The molecule has 0 aliphatic carbocycles. The number of nitrogens with zero attached hydrogens (tertiary/aromatic N) is 5. The van der Waals surface area contributed by atoms with Crippen LogP contribution in [0.1, 0.15) is 0 Å². The molecule has 5 nitrogen and oxygen atoms in total. The number of azide groups is 1. The van der Waals surface area contributed by atoms with E-state index in [4.69, 9.17) is 5.53 Å². The summed E-state index contributed by atoms with van der Waals surface area (Å²) in [4.78, 5) is 1.86. The van der Waals surface area contributed by atoms with Crippen LogP contribution in [-0.4, -0.2) is 11.3 Å². The van der Waals surface area contributed by atoms with E-state index >= 15 is 0 Å². The zero-order valence-corrected chi connectivity index (χ0v) is 3.87. The maximum Gasteiger partial charge on any atom is 0.289 e. The van der Waals surface area contributed by atoms with Crippen molar-refractivity contribution >= 4 is 5.96 Å². The third kappa shape index (κ3) is 2.39. The van der Waals surface area contributed by atoms with Crippen molar-refractivity contribution in [1.82, 2.24) is 5.34 Å². The standard InChI is InChI=1S/CF3N5/c2-6-1(7-8-5)9(3)4. The summed E-state index contributed by atoms with van der Waals surface area (Å²) in [6.07, 6.45) is 0. The van der Waals surface area contributed by atoms with E-state index in [2.05, 4.69) is 5.11 Å². The Kier molecular flexibility index (Phi) is 2.99. The molecule has 0 N–H and O–H groups in total. The first kappa shape index (κ1) is 7.57. The second-order valence-electron chi connectivity index (χ2n) is 0.807. The first-order chi connectivity index (χ1) is 4.22.